The summed E-state index contributed by atoms with van der Waals surface area (Å²) < 4.78 is 1.16. The second-order valence-electron chi connectivity index (χ2n) is 5.37. The summed E-state index contributed by atoms with van der Waals surface area (Å²) in [5.74, 6) is -0.308. The Balaban J connectivity index is 2.89. The van der Waals surface area contributed by atoms with E-state index in [0.717, 1.165) is 17.5 Å². The van der Waals surface area contributed by atoms with Crippen LogP contribution in [0.5, 0.6) is 0 Å². The molecule has 0 saturated carbocycles. The molecule has 0 aromatic carbocycles. The van der Waals surface area contributed by atoms with Gasteiger partial charge in [-0.25, -0.2) is 4.68 Å². The van der Waals surface area contributed by atoms with Gasteiger partial charge in [-0.15, -0.1) is 0 Å². The lowest BCUT2D eigenvalue weighted by molar-refractivity contribution is 0.0814. The highest BCUT2D eigenvalue weighted by molar-refractivity contribution is 5.95. The van der Waals surface area contributed by atoms with Crippen LogP contribution in [-0.2, 0) is 7.05 Å². The number of aliphatic hydroxyl groups excluding tert-OH is 1. The first-order chi connectivity index (χ1) is 9.83. The van der Waals surface area contributed by atoms with Crippen LogP contribution in [0.1, 0.15) is 48.3 Å². The van der Waals surface area contributed by atoms with Crippen LogP contribution in [0.4, 0.5) is 0 Å². The second kappa shape index (κ2) is 7.36. The third kappa shape index (κ3) is 3.91. The summed E-state index contributed by atoms with van der Waals surface area (Å²) in [6.07, 6.45) is 1.10. The molecule has 6 heteroatoms. The molecule has 0 aliphatic rings. The topological polar surface area (TPSA) is 84.2 Å². The molecule has 21 heavy (non-hydrogen) atoms. The Morgan fingerprint density at radius 2 is 1.90 bits per heavy atom. The SMILES string of the molecule is CCC(CC)C(O)CNC(=O)c1c(C)c(C)nn(C)c1=O. The van der Waals surface area contributed by atoms with Crippen molar-refractivity contribution in [3.8, 4) is 0 Å². The van der Waals surface area contributed by atoms with Gasteiger partial charge in [-0.1, -0.05) is 26.7 Å². The van der Waals surface area contributed by atoms with E-state index in [2.05, 4.69) is 10.4 Å². The molecule has 0 spiro atoms. The maximum Gasteiger partial charge on any atom is 0.279 e. The molecule has 118 valence electrons. The number of aryl methyl sites for hydroxylation is 2. The number of hydrogen-bond acceptors (Lipinski definition) is 4. The Bertz CT molecular complexity index is 562. The van der Waals surface area contributed by atoms with Gasteiger partial charge in [0.2, 0.25) is 0 Å². The van der Waals surface area contributed by atoms with Crippen LogP contribution in [0.2, 0.25) is 0 Å². The maximum absolute atomic E-state index is 12.2. The summed E-state index contributed by atoms with van der Waals surface area (Å²) >= 11 is 0. The molecule has 1 unspecified atom stereocenters. The summed E-state index contributed by atoms with van der Waals surface area (Å²) in [5.41, 5.74) is 0.893. The number of carbonyl (C=O) groups excluding carboxylic acids is 1. The van der Waals surface area contributed by atoms with Crippen LogP contribution in [0, 0.1) is 19.8 Å². The van der Waals surface area contributed by atoms with Crippen molar-refractivity contribution >= 4 is 5.91 Å². The molecule has 0 saturated heterocycles. The highest BCUT2D eigenvalue weighted by Crippen LogP contribution is 2.12. The Hall–Kier alpha value is -1.69. The van der Waals surface area contributed by atoms with E-state index in [-0.39, 0.29) is 18.0 Å². The van der Waals surface area contributed by atoms with Crippen molar-refractivity contribution in [1.29, 1.82) is 0 Å². The maximum atomic E-state index is 12.2. The first-order valence-electron chi connectivity index (χ1n) is 7.34. The van der Waals surface area contributed by atoms with Crippen molar-refractivity contribution in [2.45, 2.75) is 46.6 Å². The molecule has 1 atom stereocenters. The second-order valence-corrected chi connectivity index (χ2v) is 5.37. The first kappa shape index (κ1) is 17.4. The molecular formula is C15H25N3O3. The van der Waals surface area contributed by atoms with E-state index < -0.39 is 17.6 Å². The molecule has 1 aromatic heterocycles. The lowest BCUT2D eigenvalue weighted by Gasteiger charge is -2.20. The highest BCUT2D eigenvalue weighted by atomic mass is 16.3. The van der Waals surface area contributed by atoms with Gasteiger partial charge < -0.3 is 10.4 Å². The summed E-state index contributed by atoms with van der Waals surface area (Å²) in [6, 6.07) is 0. The summed E-state index contributed by atoms with van der Waals surface area (Å²) in [7, 11) is 1.52. The van der Waals surface area contributed by atoms with Gasteiger partial charge in [-0.3, -0.25) is 9.59 Å². The minimum Gasteiger partial charge on any atom is -0.391 e. The smallest absolute Gasteiger partial charge is 0.279 e. The van der Waals surface area contributed by atoms with E-state index in [4.69, 9.17) is 0 Å². The largest absolute Gasteiger partial charge is 0.391 e. The monoisotopic (exact) mass is 295 g/mol. The van der Waals surface area contributed by atoms with E-state index >= 15 is 0 Å². The van der Waals surface area contributed by atoms with Gasteiger partial charge in [0, 0.05) is 13.6 Å². The van der Waals surface area contributed by atoms with Crippen LogP contribution >= 0.6 is 0 Å². The van der Waals surface area contributed by atoms with Gasteiger partial charge in [0.15, 0.2) is 0 Å². The number of rotatable bonds is 6. The van der Waals surface area contributed by atoms with Crippen LogP contribution in [0.25, 0.3) is 0 Å². The zero-order chi connectivity index (χ0) is 16.2. The summed E-state index contributed by atoms with van der Waals surface area (Å²) in [5, 5.41) is 16.7. The Morgan fingerprint density at radius 3 is 2.43 bits per heavy atom. The van der Waals surface area contributed by atoms with Gasteiger partial charge in [0.1, 0.15) is 5.56 Å². The third-order valence-electron chi connectivity index (χ3n) is 4.02. The standard InChI is InChI=1S/C15H25N3O3/c1-6-11(7-2)12(19)8-16-14(20)13-9(3)10(4)17-18(5)15(13)21/h11-12,19H,6-8H2,1-5H3,(H,16,20). The Labute approximate surface area is 125 Å². The van der Waals surface area contributed by atoms with E-state index in [0.29, 0.717) is 11.3 Å². The molecule has 0 aliphatic carbocycles. The lowest BCUT2D eigenvalue weighted by atomic mass is 9.96. The van der Waals surface area contributed by atoms with Crippen LogP contribution in [-0.4, -0.2) is 33.4 Å². The molecule has 0 aliphatic heterocycles. The Kier molecular flexibility index (Phi) is 6.08. The fraction of sp³-hybridized carbons (Fsp3) is 0.667. The van der Waals surface area contributed by atoms with Crippen molar-refractivity contribution in [3.05, 3.63) is 27.2 Å². The number of aliphatic hydroxyl groups is 1. The van der Waals surface area contributed by atoms with E-state index in [1.165, 1.54) is 7.05 Å². The minimum absolute atomic E-state index is 0.0988. The van der Waals surface area contributed by atoms with E-state index in [9.17, 15) is 14.7 Å². The average molecular weight is 295 g/mol. The van der Waals surface area contributed by atoms with Gasteiger partial charge >= 0.3 is 0 Å². The van der Waals surface area contributed by atoms with Crippen LogP contribution in [0.3, 0.4) is 0 Å². The Morgan fingerprint density at radius 1 is 1.33 bits per heavy atom. The molecule has 1 heterocycles. The molecule has 1 rings (SSSR count). The van der Waals surface area contributed by atoms with Crippen molar-refractivity contribution in [2.24, 2.45) is 13.0 Å². The zero-order valence-electron chi connectivity index (χ0n) is 13.4. The number of amides is 1. The van der Waals surface area contributed by atoms with Crippen molar-refractivity contribution in [1.82, 2.24) is 15.1 Å². The molecule has 1 aromatic rings. The number of hydrogen-bond donors (Lipinski definition) is 2. The highest BCUT2D eigenvalue weighted by Gasteiger charge is 2.20. The number of nitrogens with zero attached hydrogens (tertiary/aromatic N) is 2. The number of nitrogens with one attached hydrogen (secondary N) is 1. The van der Waals surface area contributed by atoms with Gasteiger partial charge in [-0.2, -0.15) is 5.10 Å². The molecule has 0 fully saturated rings. The number of aromatic nitrogens is 2. The van der Waals surface area contributed by atoms with Crippen LogP contribution < -0.4 is 10.9 Å². The third-order valence-corrected chi connectivity index (χ3v) is 4.02. The average Bonchev–Trinajstić information content (AvgIpc) is 2.44. The van der Waals surface area contributed by atoms with Crippen molar-refractivity contribution in [2.75, 3.05) is 6.54 Å². The molecule has 1 amide bonds. The number of carbonyl (C=O) groups is 1. The van der Waals surface area contributed by atoms with Crippen molar-refractivity contribution < 1.29 is 9.90 Å². The lowest BCUT2D eigenvalue weighted by Crippen LogP contribution is -2.40. The molecule has 6 nitrogen and oxygen atoms in total. The fourth-order valence-corrected chi connectivity index (χ4v) is 2.40. The molecule has 2 N–H and O–H groups in total. The van der Waals surface area contributed by atoms with Crippen molar-refractivity contribution in [3.63, 3.8) is 0 Å². The van der Waals surface area contributed by atoms with Gasteiger partial charge in [-0.05, 0) is 25.3 Å². The van der Waals surface area contributed by atoms with E-state index in [1.54, 1.807) is 13.8 Å². The minimum atomic E-state index is -0.601. The van der Waals surface area contributed by atoms with Gasteiger partial charge in [0.05, 0.1) is 11.8 Å². The quantitative estimate of drug-likeness (QED) is 0.817. The first-order valence-corrected chi connectivity index (χ1v) is 7.34. The zero-order valence-corrected chi connectivity index (χ0v) is 13.4. The normalized spacial score (nSPS) is 12.5. The predicted octanol–water partition coefficient (Wildman–Crippen LogP) is 0.924. The summed E-state index contributed by atoms with van der Waals surface area (Å²) in [6.45, 7) is 7.62. The molecule has 0 radical (unpaired) electrons. The summed E-state index contributed by atoms with van der Waals surface area (Å²) in [4.78, 5) is 24.3. The predicted molar refractivity (Wildman–Crippen MR) is 81.4 cm³/mol. The van der Waals surface area contributed by atoms with Gasteiger partial charge in [0.25, 0.3) is 11.5 Å². The van der Waals surface area contributed by atoms with E-state index in [1.807, 2.05) is 13.8 Å². The molecular weight excluding hydrogens is 270 g/mol. The fourth-order valence-electron chi connectivity index (χ4n) is 2.40. The van der Waals surface area contributed by atoms with Crippen LogP contribution in [0.15, 0.2) is 4.79 Å². The molecule has 0 bridgehead atoms.